The van der Waals surface area contributed by atoms with Crippen molar-refractivity contribution in [2.45, 2.75) is 77.4 Å². The number of benzene rings is 3. The zero-order chi connectivity index (χ0) is 48.3. The highest BCUT2D eigenvalue weighted by molar-refractivity contribution is 6.88. The summed E-state index contributed by atoms with van der Waals surface area (Å²) >= 11 is 0. The van der Waals surface area contributed by atoms with Crippen LogP contribution in [0.4, 0.5) is 0 Å². The number of likely N-dealkylation sites (N-methyl/N-ethyl adjacent to an activating group) is 1. The van der Waals surface area contributed by atoms with Gasteiger partial charge in [-0.1, -0.05) is 61.2 Å². The van der Waals surface area contributed by atoms with Gasteiger partial charge in [0.25, 0.3) is 5.91 Å². The molecule has 10 N–H and O–H groups in total. The molecule has 19 heteroatoms. The van der Waals surface area contributed by atoms with Gasteiger partial charge in [0, 0.05) is 43.2 Å². The molecule has 0 spiro atoms. The van der Waals surface area contributed by atoms with E-state index in [1.165, 1.54) is 24.1 Å². The first-order chi connectivity index (χ1) is 31.4. The molecule has 4 bridgehead atoms. The van der Waals surface area contributed by atoms with Crippen LogP contribution in [-0.2, 0) is 25.6 Å². The zero-order valence-electron chi connectivity index (χ0n) is 38.6. The molecule has 3 aromatic carbocycles. The van der Waals surface area contributed by atoms with Gasteiger partial charge in [0.05, 0.1) is 31.1 Å². The molecule has 350 valence electrons. The van der Waals surface area contributed by atoms with E-state index in [1.807, 2.05) is 18.2 Å². The summed E-state index contributed by atoms with van der Waals surface area (Å²) in [6, 6.07) is 15.2. The molecule has 0 fully saturated rings. The maximum Gasteiger partial charge on any atom is 0.255 e. The van der Waals surface area contributed by atoms with Gasteiger partial charge in [-0.25, -0.2) is 9.97 Å². The second kappa shape index (κ2) is 22.5. The molecule has 1 aromatic heterocycles. The molecular weight excluding hydrogens is 859 g/mol. The average molecular weight is 920 g/mol. The third-order valence-corrected chi connectivity index (χ3v) is 13.2. The molecule has 1 aliphatic rings. The Morgan fingerprint density at radius 1 is 0.879 bits per heavy atom. The monoisotopic (exact) mass is 919 g/mol. The first-order valence-electron chi connectivity index (χ1n) is 21.8. The van der Waals surface area contributed by atoms with Gasteiger partial charge < -0.3 is 52.8 Å². The van der Waals surface area contributed by atoms with E-state index in [1.54, 1.807) is 50.2 Å². The second-order valence-electron chi connectivity index (χ2n) is 17.1. The molecule has 1 unspecified atom stereocenters. The van der Waals surface area contributed by atoms with Crippen LogP contribution in [0.1, 0.15) is 52.3 Å². The molecule has 0 saturated heterocycles. The van der Waals surface area contributed by atoms with Gasteiger partial charge in [-0.2, -0.15) is 5.26 Å². The van der Waals surface area contributed by atoms with Crippen molar-refractivity contribution in [2.24, 2.45) is 17.2 Å². The zero-order valence-corrected chi connectivity index (χ0v) is 39.6. The van der Waals surface area contributed by atoms with Crippen molar-refractivity contribution in [1.29, 1.82) is 5.26 Å². The Balaban J connectivity index is 1.57. The van der Waals surface area contributed by atoms with Crippen LogP contribution in [-0.4, -0.2) is 117 Å². The minimum Gasteiger partial charge on any atom is -0.492 e. The minimum atomic E-state index is -1.54. The summed E-state index contributed by atoms with van der Waals surface area (Å²) < 4.78 is 12.2. The molecule has 66 heavy (non-hydrogen) atoms. The first kappa shape index (κ1) is 50.3. The minimum absolute atomic E-state index is 0.00176. The lowest BCUT2D eigenvalue weighted by molar-refractivity contribution is -0.141. The van der Waals surface area contributed by atoms with Crippen LogP contribution in [0.5, 0.6) is 11.5 Å². The predicted molar refractivity (Wildman–Crippen MR) is 253 cm³/mol. The number of hydrogen-bond acceptors (Lipinski definition) is 13. The highest BCUT2D eigenvalue weighted by Crippen LogP contribution is 2.40. The largest absolute Gasteiger partial charge is 0.492 e. The highest BCUT2D eigenvalue weighted by Gasteiger charge is 2.36. The Bertz CT molecular complexity index is 2450. The summed E-state index contributed by atoms with van der Waals surface area (Å²) in [5.41, 5.74) is 21.4. The van der Waals surface area contributed by atoms with Gasteiger partial charge >= 0.3 is 0 Å². The number of ether oxygens (including phenoxy) is 2. The Morgan fingerprint density at radius 2 is 1.48 bits per heavy atom. The Kier molecular flexibility index (Phi) is 17.1. The van der Waals surface area contributed by atoms with E-state index >= 15 is 0 Å². The van der Waals surface area contributed by atoms with Crippen LogP contribution in [0, 0.1) is 25.2 Å². The van der Waals surface area contributed by atoms with Gasteiger partial charge in [-0.3, -0.25) is 24.0 Å². The smallest absolute Gasteiger partial charge is 0.255 e. The van der Waals surface area contributed by atoms with Gasteiger partial charge in [0.2, 0.25) is 23.6 Å². The number of nitriles is 1. The fourth-order valence-electron chi connectivity index (χ4n) is 7.65. The van der Waals surface area contributed by atoms with E-state index in [2.05, 4.69) is 63.0 Å². The number of rotatable bonds is 16. The van der Waals surface area contributed by atoms with Crippen LogP contribution >= 0.6 is 0 Å². The first-order valence-corrected chi connectivity index (χ1v) is 25.3. The number of nitrogens with two attached hydrogens (primary N) is 3. The molecule has 5 amide bonds. The SMILES string of the molecule is Cc1nc(-c2ccc([Si](C)(C)C)cc2)nc(C)c1C(=O)NC(CCN)C(=O)N(C)[C@@H]1C(=O)N[C@@H](C)C(=O)N[C@H](C(=O)NCC#N)Cc2ccc(OCCN)c(c2)-c2cc1ccc2OCCN. The topological polar surface area (TPSA) is 283 Å². The maximum absolute atomic E-state index is 14.7. The van der Waals surface area contributed by atoms with Crippen LogP contribution in [0.15, 0.2) is 60.7 Å². The van der Waals surface area contributed by atoms with Gasteiger partial charge in [0.1, 0.15) is 55.4 Å². The van der Waals surface area contributed by atoms with Crippen molar-refractivity contribution >= 4 is 42.8 Å². The Morgan fingerprint density at radius 3 is 2.06 bits per heavy atom. The van der Waals surface area contributed by atoms with Crippen molar-refractivity contribution in [3.63, 3.8) is 0 Å². The molecular formula is C47H61N11O7Si. The molecule has 0 aliphatic carbocycles. The second-order valence-corrected chi connectivity index (χ2v) is 22.2. The van der Waals surface area contributed by atoms with E-state index < -0.39 is 61.8 Å². The number of nitrogens with zero attached hydrogens (tertiary/aromatic N) is 4. The van der Waals surface area contributed by atoms with Gasteiger partial charge in [-0.05, 0) is 69.1 Å². The van der Waals surface area contributed by atoms with E-state index in [0.29, 0.717) is 51.0 Å². The third-order valence-electron chi connectivity index (χ3n) is 11.1. The lowest BCUT2D eigenvalue weighted by Crippen LogP contribution is -2.56. The van der Waals surface area contributed by atoms with Gasteiger partial charge in [0.15, 0.2) is 5.82 Å². The summed E-state index contributed by atoms with van der Waals surface area (Å²) in [6.45, 7) is 12.0. The van der Waals surface area contributed by atoms with E-state index in [4.69, 9.17) is 26.7 Å². The third kappa shape index (κ3) is 12.1. The Hall–Kier alpha value is -6.72. The van der Waals surface area contributed by atoms with Crippen LogP contribution < -0.4 is 53.1 Å². The Labute approximate surface area is 386 Å². The molecule has 18 nitrogen and oxygen atoms in total. The summed E-state index contributed by atoms with van der Waals surface area (Å²) in [5, 5.41) is 21.2. The lowest BCUT2D eigenvalue weighted by Gasteiger charge is -2.32. The summed E-state index contributed by atoms with van der Waals surface area (Å²) in [6.07, 6.45) is 0.00605. The standard InChI is InChI=1S/C47H61N11O7Si/c1-27-40(28(2)54-42(53-27)31-9-12-33(13-10-31)66(5,6)7)45(61)56-36(16-17-48)47(63)58(4)41-32-11-15-39(65-23-20-51)35(26-32)34-24-30(8-14-38(34)64-22-19-50)25-37(44(60)52-21-18-49)57-43(59)29(3)55-46(41)62/h8-15,24,26,29,36-37,41H,16-17,19-23,25,48,50-51H2,1-7H3,(H,52,60)(H,55,62)(H,56,61)(H,57,59)/t29-,36?,37-,41-/m0/s1. The predicted octanol–water partition coefficient (Wildman–Crippen LogP) is 1.48. The lowest BCUT2D eigenvalue weighted by atomic mass is 9.93. The average Bonchev–Trinajstić information content (AvgIpc) is 3.28. The molecule has 4 atom stereocenters. The number of hydrogen-bond donors (Lipinski definition) is 7. The number of carbonyl (C=O) groups is 5. The molecule has 4 aromatic rings. The van der Waals surface area contributed by atoms with Crippen molar-refractivity contribution in [3.05, 3.63) is 88.7 Å². The fraction of sp³-hybridized carbons (Fsp3) is 0.404. The van der Waals surface area contributed by atoms with Gasteiger partial charge in [-0.15, -0.1) is 0 Å². The molecule has 0 radical (unpaired) electrons. The quantitative estimate of drug-likeness (QED) is 0.0621. The summed E-state index contributed by atoms with van der Waals surface area (Å²) in [7, 11) is -0.118. The normalized spacial score (nSPS) is 16.7. The molecule has 0 saturated carbocycles. The fourth-order valence-corrected chi connectivity index (χ4v) is 8.82. The molecule has 5 rings (SSSR count). The number of carbonyl (C=O) groups excluding carboxylic acids is 5. The van der Waals surface area contributed by atoms with E-state index in [0.717, 1.165) is 5.56 Å². The number of fused-ring (bicyclic) bond motifs is 5. The highest BCUT2D eigenvalue weighted by atomic mass is 28.3. The van der Waals surface area contributed by atoms with Crippen molar-refractivity contribution in [1.82, 2.24) is 36.1 Å². The number of amides is 5. The number of aryl methyl sites for hydroxylation is 2. The van der Waals surface area contributed by atoms with Crippen molar-refractivity contribution in [3.8, 4) is 40.1 Å². The number of aromatic nitrogens is 2. The van der Waals surface area contributed by atoms with Crippen LogP contribution in [0.25, 0.3) is 22.5 Å². The molecule has 2 heterocycles. The summed E-state index contributed by atoms with van der Waals surface area (Å²) in [4.78, 5) is 81.1. The van der Waals surface area contributed by atoms with Crippen molar-refractivity contribution in [2.75, 3.05) is 46.4 Å². The van der Waals surface area contributed by atoms with E-state index in [-0.39, 0.29) is 57.8 Å². The number of nitrogens with one attached hydrogen (secondary N) is 4. The summed E-state index contributed by atoms with van der Waals surface area (Å²) in [5.74, 6) is -2.10. The van der Waals surface area contributed by atoms with Crippen LogP contribution in [0.2, 0.25) is 19.6 Å². The van der Waals surface area contributed by atoms with Crippen LogP contribution in [0.3, 0.4) is 0 Å². The maximum atomic E-state index is 14.7. The van der Waals surface area contributed by atoms with E-state index in [9.17, 15) is 29.2 Å². The molecule has 1 aliphatic heterocycles. The van der Waals surface area contributed by atoms with Crippen molar-refractivity contribution < 1.29 is 33.4 Å².